The first-order valence-electron chi connectivity index (χ1n) is 10.4. The lowest BCUT2D eigenvalue weighted by Gasteiger charge is -2.12. The highest BCUT2D eigenvalue weighted by molar-refractivity contribution is 7.99. The summed E-state index contributed by atoms with van der Waals surface area (Å²) in [7, 11) is 0. The van der Waals surface area contributed by atoms with Crippen LogP contribution in [0.2, 0.25) is 0 Å². The number of amides is 1. The van der Waals surface area contributed by atoms with Crippen molar-refractivity contribution in [3.63, 3.8) is 0 Å². The molecule has 0 spiro atoms. The second kappa shape index (κ2) is 10.1. The number of hydrogen-bond donors (Lipinski definition) is 1. The summed E-state index contributed by atoms with van der Waals surface area (Å²) in [6.45, 7) is 1.94. The first kappa shape index (κ1) is 23.6. The summed E-state index contributed by atoms with van der Waals surface area (Å²) in [4.78, 5) is 12.5. The number of alkyl halides is 3. The molecule has 0 radical (unpaired) electrons. The Balaban J connectivity index is 1.56. The summed E-state index contributed by atoms with van der Waals surface area (Å²) in [6.07, 6.45) is -4.27. The van der Waals surface area contributed by atoms with Crippen molar-refractivity contribution < 1.29 is 18.0 Å². The first-order valence-corrected chi connectivity index (χ1v) is 11.4. The fraction of sp³-hybridized carbons (Fsp3) is 0.160. The molecule has 0 unspecified atom stereocenters. The van der Waals surface area contributed by atoms with Gasteiger partial charge in [0.2, 0.25) is 5.91 Å². The van der Waals surface area contributed by atoms with Crippen LogP contribution in [0.3, 0.4) is 0 Å². The van der Waals surface area contributed by atoms with E-state index in [1.54, 1.807) is 10.6 Å². The van der Waals surface area contributed by atoms with Crippen molar-refractivity contribution in [3.8, 4) is 5.69 Å². The van der Waals surface area contributed by atoms with E-state index in [1.165, 1.54) is 17.8 Å². The predicted molar refractivity (Wildman–Crippen MR) is 126 cm³/mol. The van der Waals surface area contributed by atoms with Gasteiger partial charge in [0.15, 0.2) is 5.16 Å². The van der Waals surface area contributed by atoms with Gasteiger partial charge in [-0.25, -0.2) is 0 Å². The molecular formula is C25H21F3N4OS. The normalized spacial score (nSPS) is 11.4. The number of halogens is 3. The molecule has 0 saturated carbocycles. The number of nitrogens with zero attached hydrogens (tertiary/aromatic N) is 3. The highest BCUT2D eigenvalue weighted by atomic mass is 32.2. The van der Waals surface area contributed by atoms with Gasteiger partial charge in [0.1, 0.15) is 5.82 Å². The van der Waals surface area contributed by atoms with Crippen LogP contribution in [0.4, 0.5) is 18.9 Å². The van der Waals surface area contributed by atoms with Crippen LogP contribution in [-0.4, -0.2) is 26.4 Å². The summed E-state index contributed by atoms with van der Waals surface area (Å²) < 4.78 is 41.2. The number of para-hydroxylation sites is 1. The van der Waals surface area contributed by atoms with Crippen molar-refractivity contribution in [1.82, 2.24) is 14.8 Å². The van der Waals surface area contributed by atoms with Gasteiger partial charge < -0.3 is 5.32 Å². The Morgan fingerprint density at radius 1 is 0.971 bits per heavy atom. The molecule has 1 N–H and O–H groups in total. The maximum Gasteiger partial charge on any atom is 0.416 e. The van der Waals surface area contributed by atoms with Crippen molar-refractivity contribution in [3.05, 3.63) is 101 Å². The third-order valence-corrected chi connectivity index (χ3v) is 5.89. The van der Waals surface area contributed by atoms with Crippen LogP contribution in [0.5, 0.6) is 0 Å². The highest BCUT2D eigenvalue weighted by Gasteiger charge is 2.30. The van der Waals surface area contributed by atoms with Crippen LogP contribution >= 0.6 is 11.8 Å². The second-order valence-electron chi connectivity index (χ2n) is 7.65. The van der Waals surface area contributed by atoms with Crippen LogP contribution in [0.25, 0.3) is 5.69 Å². The van der Waals surface area contributed by atoms with Gasteiger partial charge in [0, 0.05) is 17.8 Å². The molecule has 0 fully saturated rings. The highest BCUT2D eigenvalue weighted by Crippen LogP contribution is 2.30. The van der Waals surface area contributed by atoms with Crippen molar-refractivity contribution in [1.29, 1.82) is 0 Å². The molecule has 5 nitrogen and oxygen atoms in total. The van der Waals surface area contributed by atoms with E-state index in [0.717, 1.165) is 23.4 Å². The summed E-state index contributed by atoms with van der Waals surface area (Å²) in [5.74, 6) is 0.382. The Morgan fingerprint density at radius 3 is 2.47 bits per heavy atom. The van der Waals surface area contributed by atoms with Gasteiger partial charge in [-0.15, -0.1) is 10.2 Å². The molecule has 174 valence electrons. The number of benzene rings is 3. The molecule has 1 heterocycles. The minimum absolute atomic E-state index is 0.0997. The predicted octanol–water partition coefficient (Wildman–Crippen LogP) is 5.92. The SMILES string of the molecule is Cc1cccc(NC(=O)CSc2nnc(Cc3cccc(C(F)(F)F)c3)n2-c2ccccc2)c1. The van der Waals surface area contributed by atoms with Crippen molar-refractivity contribution in [2.75, 3.05) is 11.1 Å². The maximum atomic E-state index is 13.1. The van der Waals surface area contributed by atoms with Gasteiger partial charge >= 0.3 is 6.18 Å². The van der Waals surface area contributed by atoms with Crippen molar-refractivity contribution >= 4 is 23.4 Å². The smallest absolute Gasteiger partial charge is 0.325 e. The number of rotatable bonds is 7. The molecule has 0 aliphatic carbocycles. The Kier molecular flexibility index (Phi) is 7.02. The number of hydrogen-bond acceptors (Lipinski definition) is 4. The average Bonchev–Trinajstić information content (AvgIpc) is 3.20. The molecule has 0 saturated heterocycles. The third-order valence-electron chi connectivity index (χ3n) is 4.97. The van der Waals surface area contributed by atoms with E-state index in [2.05, 4.69) is 15.5 Å². The molecule has 1 aromatic heterocycles. The fourth-order valence-electron chi connectivity index (χ4n) is 3.43. The average molecular weight is 483 g/mol. The van der Waals surface area contributed by atoms with Gasteiger partial charge in [-0.05, 0) is 48.4 Å². The van der Waals surface area contributed by atoms with Crippen LogP contribution in [0.1, 0.15) is 22.5 Å². The van der Waals surface area contributed by atoms with Gasteiger partial charge in [-0.2, -0.15) is 13.2 Å². The Hall–Kier alpha value is -3.59. The Bertz CT molecular complexity index is 1290. The molecule has 34 heavy (non-hydrogen) atoms. The molecule has 1 amide bonds. The largest absolute Gasteiger partial charge is 0.416 e. The topological polar surface area (TPSA) is 59.8 Å². The van der Waals surface area contributed by atoms with Gasteiger partial charge in [0.25, 0.3) is 0 Å². The van der Waals surface area contributed by atoms with E-state index in [9.17, 15) is 18.0 Å². The molecular weight excluding hydrogens is 461 g/mol. The van der Waals surface area contributed by atoms with Crippen LogP contribution in [0.15, 0.2) is 84.0 Å². The van der Waals surface area contributed by atoms with E-state index in [-0.39, 0.29) is 18.1 Å². The molecule has 0 atom stereocenters. The van der Waals surface area contributed by atoms with E-state index in [1.807, 2.05) is 61.5 Å². The minimum atomic E-state index is -4.42. The maximum absolute atomic E-state index is 13.1. The molecule has 3 aromatic carbocycles. The van der Waals surface area contributed by atoms with E-state index in [0.29, 0.717) is 22.2 Å². The van der Waals surface area contributed by atoms with Gasteiger partial charge in [-0.1, -0.05) is 60.3 Å². The van der Waals surface area contributed by atoms with E-state index in [4.69, 9.17) is 0 Å². The second-order valence-corrected chi connectivity index (χ2v) is 8.59. The number of thioether (sulfide) groups is 1. The van der Waals surface area contributed by atoms with Crippen LogP contribution in [-0.2, 0) is 17.4 Å². The fourth-order valence-corrected chi connectivity index (χ4v) is 4.21. The monoisotopic (exact) mass is 482 g/mol. The molecule has 0 bridgehead atoms. The number of carbonyl (C=O) groups excluding carboxylic acids is 1. The number of carbonyl (C=O) groups is 1. The van der Waals surface area contributed by atoms with E-state index < -0.39 is 11.7 Å². The van der Waals surface area contributed by atoms with E-state index >= 15 is 0 Å². The molecule has 4 aromatic rings. The lowest BCUT2D eigenvalue weighted by molar-refractivity contribution is -0.137. The lowest BCUT2D eigenvalue weighted by atomic mass is 10.1. The minimum Gasteiger partial charge on any atom is -0.325 e. The molecule has 4 rings (SSSR count). The van der Waals surface area contributed by atoms with Gasteiger partial charge in [-0.3, -0.25) is 9.36 Å². The van der Waals surface area contributed by atoms with Crippen LogP contribution < -0.4 is 5.32 Å². The van der Waals surface area contributed by atoms with Crippen molar-refractivity contribution in [2.45, 2.75) is 24.7 Å². The van der Waals surface area contributed by atoms with Crippen molar-refractivity contribution in [2.24, 2.45) is 0 Å². The molecule has 0 aliphatic rings. The number of anilines is 1. The standard InChI is InChI=1S/C25H21F3N4OS/c1-17-7-5-10-20(13-17)29-23(33)16-34-24-31-30-22(32(24)21-11-3-2-4-12-21)15-18-8-6-9-19(14-18)25(26,27)28/h2-14H,15-16H2,1H3,(H,29,33). The zero-order chi connectivity index (χ0) is 24.1. The summed E-state index contributed by atoms with van der Waals surface area (Å²) >= 11 is 1.21. The number of aromatic nitrogens is 3. The molecule has 9 heteroatoms. The Morgan fingerprint density at radius 2 is 1.74 bits per heavy atom. The quantitative estimate of drug-likeness (QED) is 0.333. The zero-order valence-electron chi connectivity index (χ0n) is 18.2. The summed E-state index contributed by atoms with van der Waals surface area (Å²) in [5, 5.41) is 11.8. The lowest BCUT2D eigenvalue weighted by Crippen LogP contribution is -2.14. The third kappa shape index (κ3) is 5.85. The summed E-state index contributed by atoms with van der Waals surface area (Å²) in [5.41, 5.74) is 2.26. The Labute approximate surface area is 199 Å². The van der Waals surface area contributed by atoms with Gasteiger partial charge in [0.05, 0.1) is 11.3 Å². The number of aryl methyl sites for hydroxylation is 1. The van der Waals surface area contributed by atoms with Crippen LogP contribution in [0, 0.1) is 6.92 Å². The zero-order valence-corrected chi connectivity index (χ0v) is 19.0. The number of nitrogens with one attached hydrogen (secondary N) is 1. The molecule has 0 aliphatic heterocycles. The summed E-state index contributed by atoms with van der Waals surface area (Å²) in [6, 6.07) is 21.9. The first-order chi connectivity index (χ1) is 16.3.